The third kappa shape index (κ3) is 4.45. The monoisotopic (exact) mass is 334 g/mol. The van der Waals surface area contributed by atoms with Crippen molar-refractivity contribution in [3.63, 3.8) is 0 Å². The fraction of sp³-hybridized carbons (Fsp3) is 0.278. The van der Waals surface area contributed by atoms with Crippen molar-refractivity contribution in [1.29, 1.82) is 0 Å². The van der Waals surface area contributed by atoms with Crippen molar-refractivity contribution in [3.8, 4) is 0 Å². The SMILES string of the molecule is CCN(CCNC(=O)c1ccc(Cl)cc1F)c1ccccc1C. The van der Waals surface area contributed by atoms with E-state index < -0.39 is 11.7 Å². The van der Waals surface area contributed by atoms with Gasteiger partial charge in [-0.15, -0.1) is 0 Å². The van der Waals surface area contributed by atoms with E-state index in [0.717, 1.165) is 18.3 Å². The molecule has 0 heterocycles. The molecule has 0 unspecified atom stereocenters. The lowest BCUT2D eigenvalue weighted by atomic mass is 10.2. The second-order valence-electron chi connectivity index (χ2n) is 5.25. The van der Waals surface area contributed by atoms with Gasteiger partial charge >= 0.3 is 0 Å². The van der Waals surface area contributed by atoms with E-state index in [-0.39, 0.29) is 10.6 Å². The maximum atomic E-state index is 13.7. The summed E-state index contributed by atoms with van der Waals surface area (Å²) in [5.41, 5.74) is 2.33. The molecule has 0 radical (unpaired) electrons. The third-order valence-corrected chi connectivity index (χ3v) is 3.92. The number of likely N-dealkylation sites (N-methyl/N-ethyl adjacent to an activating group) is 1. The zero-order valence-corrected chi connectivity index (χ0v) is 14.0. The normalized spacial score (nSPS) is 10.4. The number of carbonyl (C=O) groups is 1. The number of aryl methyl sites for hydroxylation is 1. The zero-order chi connectivity index (χ0) is 16.8. The molecule has 0 saturated heterocycles. The molecule has 3 nitrogen and oxygen atoms in total. The Bertz CT molecular complexity index is 690. The second-order valence-corrected chi connectivity index (χ2v) is 5.68. The number of hydrogen-bond donors (Lipinski definition) is 1. The minimum atomic E-state index is -0.610. The minimum Gasteiger partial charge on any atom is -0.370 e. The molecule has 23 heavy (non-hydrogen) atoms. The fourth-order valence-electron chi connectivity index (χ4n) is 2.44. The highest BCUT2D eigenvalue weighted by atomic mass is 35.5. The van der Waals surface area contributed by atoms with Crippen LogP contribution < -0.4 is 10.2 Å². The Kier molecular flexibility index (Phi) is 5.99. The van der Waals surface area contributed by atoms with Crippen LogP contribution >= 0.6 is 11.6 Å². The summed E-state index contributed by atoms with van der Waals surface area (Å²) in [6.07, 6.45) is 0. The van der Waals surface area contributed by atoms with E-state index in [0.29, 0.717) is 13.1 Å². The Balaban J connectivity index is 1.95. The summed E-state index contributed by atoms with van der Waals surface area (Å²) in [6.45, 7) is 6.04. The Hall–Kier alpha value is -2.07. The molecule has 0 fully saturated rings. The van der Waals surface area contributed by atoms with E-state index in [1.54, 1.807) is 0 Å². The summed E-state index contributed by atoms with van der Waals surface area (Å²) in [5.74, 6) is -1.04. The number of hydrogen-bond acceptors (Lipinski definition) is 2. The van der Waals surface area contributed by atoms with Gasteiger partial charge in [-0.2, -0.15) is 0 Å². The number of halogens is 2. The summed E-state index contributed by atoms with van der Waals surface area (Å²) < 4.78 is 13.7. The molecule has 0 aliphatic rings. The van der Waals surface area contributed by atoms with Crippen LogP contribution in [0.15, 0.2) is 42.5 Å². The average Bonchev–Trinajstić information content (AvgIpc) is 2.52. The van der Waals surface area contributed by atoms with Gasteiger partial charge in [0.2, 0.25) is 0 Å². The Morgan fingerprint density at radius 1 is 1.26 bits per heavy atom. The van der Waals surface area contributed by atoms with Gasteiger partial charge in [0.15, 0.2) is 0 Å². The van der Waals surface area contributed by atoms with Crippen LogP contribution in [0.25, 0.3) is 0 Å². The van der Waals surface area contributed by atoms with Crippen molar-refractivity contribution in [1.82, 2.24) is 5.32 Å². The van der Waals surface area contributed by atoms with E-state index in [1.807, 2.05) is 12.1 Å². The van der Waals surface area contributed by atoms with Gasteiger partial charge in [0, 0.05) is 30.3 Å². The van der Waals surface area contributed by atoms with E-state index in [1.165, 1.54) is 17.7 Å². The molecule has 1 N–H and O–H groups in total. The molecule has 0 bridgehead atoms. The van der Waals surface area contributed by atoms with Gasteiger partial charge in [0.1, 0.15) is 5.82 Å². The van der Waals surface area contributed by atoms with E-state index in [9.17, 15) is 9.18 Å². The van der Waals surface area contributed by atoms with Gasteiger partial charge in [-0.1, -0.05) is 29.8 Å². The number of rotatable bonds is 6. The summed E-state index contributed by atoms with van der Waals surface area (Å²) in [5, 5.41) is 3.02. The van der Waals surface area contributed by atoms with Crippen LogP contribution in [-0.4, -0.2) is 25.5 Å². The maximum absolute atomic E-state index is 13.7. The molecule has 0 aliphatic carbocycles. The molecule has 122 valence electrons. The van der Waals surface area contributed by atoms with Gasteiger partial charge in [0.05, 0.1) is 5.56 Å². The van der Waals surface area contributed by atoms with Crippen LogP contribution in [0.1, 0.15) is 22.8 Å². The largest absolute Gasteiger partial charge is 0.370 e. The highest BCUT2D eigenvalue weighted by Crippen LogP contribution is 2.18. The molecule has 2 aromatic carbocycles. The first-order chi connectivity index (χ1) is 11.0. The zero-order valence-electron chi connectivity index (χ0n) is 13.3. The summed E-state index contributed by atoms with van der Waals surface area (Å²) in [6, 6.07) is 12.1. The number of benzene rings is 2. The standard InChI is InChI=1S/C18H20ClFN2O/c1-3-22(17-7-5-4-6-13(17)2)11-10-21-18(23)15-9-8-14(19)12-16(15)20/h4-9,12H,3,10-11H2,1-2H3,(H,21,23). The van der Waals surface area contributed by atoms with E-state index in [4.69, 9.17) is 11.6 Å². The van der Waals surface area contributed by atoms with E-state index >= 15 is 0 Å². The van der Waals surface area contributed by atoms with Crippen molar-refractivity contribution in [3.05, 3.63) is 64.4 Å². The molecule has 5 heteroatoms. The molecule has 1 amide bonds. The highest BCUT2D eigenvalue weighted by Gasteiger charge is 2.12. The van der Waals surface area contributed by atoms with Gasteiger partial charge in [-0.05, 0) is 43.7 Å². The summed E-state index contributed by atoms with van der Waals surface area (Å²) in [4.78, 5) is 14.2. The predicted octanol–water partition coefficient (Wildman–Crippen LogP) is 4.04. The fourth-order valence-corrected chi connectivity index (χ4v) is 2.60. The first-order valence-electron chi connectivity index (χ1n) is 7.56. The summed E-state index contributed by atoms with van der Waals surface area (Å²) >= 11 is 5.69. The minimum absolute atomic E-state index is 0.00772. The molecular formula is C18H20ClFN2O. The lowest BCUT2D eigenvalue weighted by Crippen LogP contribution is -2.35. The molecule has 0 aromatic heterocycles. The Morgan fingerprint density at radius 2 is 2.00 bits per heavy atom. The highest BCUT2D eigenvalue weighted by molar-refractivity contribution is 6.30. The molecular weight excluding hydrogens is 315 g/mol. The van der Waals surface area contributed by atoms with Gasteiger partial charge in [0.25, 0.3) is 5.91 Å². The van der Waals surface area contributed by atoms with Crippen molar-refractivity contribution in [2.75, 3.05) is 24.5 Å². The third-order valence-electron chi connectivity index (χ3n) is 3.68. The van der Waals surface area contributed by atoms with Gasteiger partial charge in [-0.3, -0.25) is 4.79 Å². The summed E-state index contributed by atoms with van der Waals surface area (Å²) in [7, 11) is 0. The van der Waals surface area contributed by atoms with Crippen LogP contribution in [0.2, 0.25) is 5.02 Å². The number of carbonyl (C=O) groups excluding carboxylic acids is 1. The quantitative estimate of drug-likeness (QED) is 0.864. The van der Waals surface area contributed by atoms with Crippen LogP contribution in [0, 0.1) is 12.7 Å². The van der Waals surface area contributed by atoms with Crippen molar-refractivity contribution >= 4 is 23.2 Å². The lowest BCUT2D eigenvalue weighted by Gasteiger charge is -2.25. The van der Waals surface area contributed by atoms with E-state index in [2.05, 4.69) is 36.2 Å². The molecule has 0 atom stereocenters. The van der Waals surface area contributed by atoms with Crippen molar-refractivity contribution < 1.29 is 9.18 Å². The van der Waals surface area contributed by atoms with Crippen molar-refractivity contribution in [2.24, 2.45) is 0 Å². The first-order valence-corrected chi connectivity index (χ1v) is 7.94. The smallest absolute Gasteiger partial charge is 0.254 e. The van der Waals surface area contributed by atoms with Gasteiger partial charge < -0.3 is 10.2 Å². The average molecular weight is 335 g/mol. The first kappa shape index (κ1) is 17.3. The van der Waals surface area contributed by atoms with Crippen LogP contribution in [0.4, 0.5) is 10.1 Å². The van der Waals surface area contributed by atoms with Crippen LogP contribution in [-0.2, 0) is 0 Å². The number of para-hydroxylation sites is 1. The van der Waals surface area contributed by atoms with Crippen molar-refractivity contribution in [2.45, 2.75) is 13.8 Å². The number of nitrogens with one attached hydrogen (secondary N) is 1. The Labute approximate surface area is 141 Å². The predicted molar refractivity (Wildman–Crippen MR) is 92.8 cm³/mol. The topological polar surface area (TPSA) is 32.3 Å². The number of nitrogens with zero attached hydrogens (tertiary/aromatic N) is 1. The number of amides is 1. The Morgan fingerprint density at radius 3 is 2.65 bits per heavy atom. The molecule has 2 rings (SSSR count). The molecule has 0 spiro atoms. The van der Waals surface area contributed by atoms with Crippen LogP contribution in [0.3, 0.4) is 0 Å². The molecule has 0 saturated carbocycles. The maximum Gasteiger partial charge on any atom is 0.254 e. The molecule has 0 aliphatic heterocycles. The van der Waals surface area contributed by atoms with Gasteiger partial charge in [-0.25, -0.2) is 4.39 Å². The lowest BCUT2D eigenvalue weighted by molar-refractivity contribution is 0.0950. The molecule has 2 aromatic rings. The second kappa shape index (κ2) is 7.97. The number of anilines is 1. The van der Waals surface area contributed by atoms with Crippen LogP contribution in [0.5, 0.6) is 0 Å².